The minimum absolute atomic E-state index is 0.151. The normalized spacial score (nSPS) is 11.1. The van der Waals surface area contributed by atoms with Gasteiger partial charge in [-0.15, -0.1) is 0 Å². The Morgan fingerprint density at radius 3 is 2.39 bits per heavy atom. The number of hydrogen-bond acceptors (Lipinski definition) is 4. The zero-order chi connectivity index (χ0) is 17.0. The molecule has 0 unspecified atom stereocenters. The van der Waals surface area contributed by atoms with E-state index in [2.05, 4.69) is 0 Å². The van der Waals surface area contributed by atoms with Crippen molar-refractivity contribution in [2.75, 3.05) is 0 Å². The predicted octanol–water partition coefficient (Wildman–Crippen LogP) is 3.94. The van der Waals surface area contributed by atoms with Gasteiger partial charge < -0.3 is 9.47 Å². The Kier molecular flexibility index (Phi) is 4.89. The Bertz CT molecular complexity index is 696. The van der Waals surface area contributed by atoms with E-state index in [0.29, 0.717) is 0 Å². The van der Waals surface area contributed by atoms with E-state index in [1.165, 1.54) is 4.57 Å². The second-order valence-electron chi connectivity index (χ2n) is 6.31. The summed E-state index contributed by atoms with van der Waals surface area (Å²) >= 11 is 0. The molecule has 2 aromatic rings. The number of ether oxygens (including phenoxy) is 2. The summed E-state index contributed by atoms with van der Waals surface area (Å²) in [7, 11) is 0. The Morgan fingerprint density at radius 1 is 1.13 bits per heavy atom. The lowest BCUT2D eigenvalue weighted by molar-refractivity contribution is 0.0415. The highest BCUT2D eigenvalue weighted by Crippen LogP contribution is 2.15. The molecule has 0 atom stereocenters. The average Bonchev–Trinajstić information content (AvgIpc) is 2.86. The summed E-state index contributed by atoms with van der Waals surface area (Å²) < 4.78 is 11.8. The lowest BCUT2D eigenvalue weighted by Gasteiger charge is -2.20. The molecule has 0 radical (unpaired) electrons. The average molecular weight is 315 g/mol. The lowest BCUT2D eigenvalue weighted by Crippen LogP contribution is -2.28. The van der Waals surface area contributed by atoms with Crippen LogP contribution >= 0.6 is 0 Å². The maximum atomic E-state index is 12.3. The third kappa shape index (κ3) is 4.71. The van der Waals surface area contributed by atoms with E-state index in [1.54, 1.807) is 40.0 Å². The van der Waals surface area contributed by atoms with Gasteiger partial charge in [0.25, 0.3) is 0 Å². The SMILES string of the molecule is Cc1cc(C(=O)OCc2ccccc2)n(C(=O)OC(C)(C)C)c1. The summed E-state index contributed by atoms with van der Waals surface area (Å²) in [5.74, 6) is -0.562. The number of carbonyl (C=O) groups is 2. The first kappa shape index (κ1) is 16.8. The van der Waals surface area contributed by atoms with Crippen LogP contribution in [0.1, 0.15) is 42.4 Å². The standard InChI is InChI=1S/C18H21NO4/c1-13-10-15(19(11-13)17(21)23-18(2,3)4)16(20)22-12-14-8-6-5-7-9-14/h5-11H,12H2,1-4H3. The molecular weight excluding hydrogens is 294 g/mol. The molecule has 0 spiro atoms. The number of hydrogen-bond donors (Lipinski definition) is 0. The summed E-state index contributed by atoms with van der Waals surface area (Å²) in [6.07, 6.45) is 0.963. The molecule has 2 rings (SSSR count). The first-order chi connectivity index (χ1) is 10.8. The molecule has 23 heavy (non-hydrogen) atoms. The first-order valence-corrected chi connectivity index (χ1v) is 7.39. The van der Waals surface area contributed by atoms with E-state index < -0.39 is 17.7 Å². The largest absolute Gasteiger partial charge is 0.456 e. The molecule has 0 amide bonds. The number of benzene rings is 1. The van der Waals surface area contributed by atoms with Gasteiger partial charge in [-0.1, -0.05) is 30.3 Å². The fourth-order valence-electron chi connectivity index (χ4n) is 2.01. The molecule has 0 aliphatic heterocycles. The molecule has 0 aliphatic rings. The van der Waals surface area contributed by atoms with Crippen molar-refractivity contribution in [1.82, 2.24) is 4.57 Å². The molecule has 5 nitrogen and oxygen atoms in total. The minimum Gasteiger partial charge on any atom is -0.456 e. The topological polar surface area (TPSA) is 57.5 Å². The van der Waals surface area contributed by atoms with Crippen molar-refractivity contribution in [3.05, 3.63) is 59.4 Å². The quantitative estimate of drug-likeness (QED) is 0.805. The van der Waals surface area contributed by atoms with E-state index in [0.717, 1.165) is 11.1 Å². The van der Waals surface area contributed by atoms with E-state index in [1.807, 2.05) is 30.3 Å². The van der Waals surface area contributed by atoms with Crippen LogP contribution in [-0.4, -0.2) is 22.2 Å². The van der Waals surface area contributed by atoms with Crippen molar-refractivity contribution < 1.29 is 19.1 Å². The zero-order valence-electron chi connectivity index (χ0n) is 13.8. The van der Waals surface area contributed by atoms with Crippen LogP contribution in [0.3, 0.4) is 0 Å². The molecule has 5 heteroatoms. The van der Waals surface area contributed by atoms with Crippen molar-refractivity contribution in [2.45, 2.75) is 39.9 Å². The summed E-state index contributed by atoms with van der Waals surface area (Å²) in [4.78, 5) is 24.5. The maximum Gasteiger partial charge on any atom is 0.419 e. The third-order valence-corrected chi connectivity index (χ3v) is 2.97. The molecule has 0 saturated heterocycles. The van der Waals surface area contributed by atoms with Crippen molar-refractivity contribution in [2.24, 2.45) is 0 Å². The van der Waals surface area contributed by atoms with Gasteiger partial charge in [-0.2, -0.15) is 0 Å². The van der Waals surface area contributed by atoms with Crippen LogP contribution in [-0.2, 0) is 16.1 Å². The number of carbonyl (C=O) groups excluding carboxylic acids is 2. The monoisotopic (exact) mass is 315 g/mol. The minimum atomic E-state index is -0.638. The molecule has 0 N–H and O–H groups in total. The molecule has 122 valence electrons. The van der Waals surface area contributed by atoms with Crippen LogP contribution in [0.15, 0.2) is 42.6 Å². The van der Waals surface area contributed by atoms with E-state index >= 15 is 0 Å². The van der Waals surface area contributed by atoms with Crippen molar-refractivity contribution in [3.63, 3.8) is 0 Å². The van der Waals surface area contributed by atoms with Crippen molar-refractivity contribution >= 4 is 12.1 Å². The van der Waals surface area contributed by atoms with Crippen LogP contribution in [0.4, 0.5) is 4.79 Å². The second-order valence-corrected chi connectivity index (χ2v) is 6.31. The Balaban J connectivity index is 2.13. The Hall–Kier alpha value is -2.56. The fraction of sp³-hybridized carbons (Fsp3) is 0.333. The number of nitrogens with zero attached hydrogens (tertiary/aromatic N) is 1. The van der Waals surface area contributed by atoms with Gasteiger partial charge in [0.2, 0.25) is 0 Å². The van der Waals surface area contributed by atoms with Crippen molar-refractivity contribution in [1.29, 1.82) is 0 Å². The van der Waals surface area contributed by atoms with Crippen molar-refractivity contribution in [3.8, 4) is 0 Å². The third-order valence-electron chi connectivity index (χ3n) is 2.97. The van der Waals surface area contributed by atoms with Crippen LogP contribution in [0.2, 0.25) is 0 Å². The molecule has 0 saturated carbocycles. The smallest absolute Gasteiger partial charge is 0.419 e. The van der Waals surface area contributed by atoms with E-state index in [9.17, 15) is 9.59 Å². The molecule has 1 heterocycles. The van der Waals surface area contributed by atoms with Gasteiger partial charge >= 0.3 is 12.1 Å². The number of aromatic nitrogens is 1. The molecule has 0 fully saturated rings. The highest BCUT2D eigenvalue weighted by molar-refractivity contribution is 5.92. The van der Waals surface area contributed by atoms with Gasteiger partial charge in [0.1, 0.15) is 17.9 Å². The molecule has 1 aromatic heterocycles. The van der Waals surface area contributed by atoms with Gasteiger partial charge in [-0.05, 0) is 44.9 Å². The number of rotatable bonds is 3. The van der Waals surface area contributed by atoms with Gasteiger partial charge in [0.15, 0.2) is 0 Å². The number of esters is 1. The van der Waals surface area contributed by atoms with Gasteiger partial charge in [-0.25, -0.2) is 14.2 Å². The van der Waals surface area contributed by atoms with E-state index in [4.69, 9.17) is 9.47 Å². The van der Waals surface area contributed by atoms with Gasteiger partial charge in [-0.3, -0.25) is 0 Å². The summed E-state index contributed by atoms with van der Waals surface area (Å²) in [5.41, 5.74) is 1.18. The zero-order valence-corrected chi connectivity index (χ0v) is 13.8. The Morgan fingerprint density at radius 2 is 1.78 bits per heavy atom. The summed E-state index contributed by atoms with van der Waals surface area (Å²) in [5, 5.41) is 0. The second kappa shape index (κ2) is 6.69. The predicted molar refractivity (Wildman–Crippen MR) is 86.4 cm³/mol. The van der Waals surface area contributed by atoms with Crippen LogP contribution in [0.25, 0.3) is 0 Å². The molecule has 1 aromatic carbocycles. The van der Waals surface area contributed by atoms with Crippen LogP contribution in [0, 0.1) is 6.92 Å². The fourth-order valence-corrected chi connectivity index (χ4v) is 2.01. The van der Waals surface area contributed by atoms with Gasteiger partial charge in [0, 0.05) is 6.20 Å². The van der Waals surface area contributed by atoms with E-state index in [-0.39, 0.29) is 12.3 Å². The van der Waals surface area contributed by atoms with Crippen LogP contribution in [0.5, 0.6) is 0 Å². The summed E-state index contributed by atoms with van der Waals surface area (Å²) in [6, 6.07) is 11.0. The molecule has 0 bridgehead atoms. The Labute approximate surface area is 135 Å². The maximum absolute atomic E-state index is 12.3. The summed E-state index contributed by atoms with van der Waals surface area (Å²) in [6.45, 7) is 7.27. The highest BCUT2D eigenvalue weighted by atomic mass is 16.6. The first-order valence-electron chi connectivity index (χ1n) is 7.39. The van der Waals surface area contributed by atoms with Gasteiger partial charge in [0.05, 0.1) is 0 Å². The number of aryl methyl sites for hydroxylation is 1. The molecule has 0 aliphatic carbocycles. The molecular formula is C18H21NO4. The van der Waals surface area contributed by atoms with Crippen LogP contribution < -0.4 is 0 Å². The lowest BCUT2D eigenvalue weighted by atomic mass is 10.2. The highest BCUT2D eigenvalue weighted by Gasteiger charge is 2.23.